The van der Waals surface area contributed by atoms with Gasteiger partial charge in [0.2, 0.25) is 0 Å². The van der Waals surface area contributed by atoms with Gasteiger partial charge in [-0.15, -0.1) is 0 Å². The molecule has 0 aliphatic rings. The van der Waals surface area contributed by atoms with Crippen molar-refractivity contribution < 1.29 is 13.2 Å². The highest BCUT2D eigenvalue weighted by Crippen LogP contribution is 2.35. The SMILES string of the molecule is CCSSC(CC)CC(F)(F)F. The van der Waals surface area contributed by atoms with E-state index in [1.54, 1.807) is 6.92 Å². The molecule has 0 rings (SSSR count). The molecule has 0 aromatic carbocycles. The normalized spacial score (nSPS) is 14.8. The zero-order valence-electron chi connectivity index (χ0n) is 7.15. The third-order valence-corrected chi connectivity index (χ3v) is 4.31. The summed E-state index contributed by atoms with van der Waals surface area (Å²) in [6, 6.07) is 0. The van der Waals surface area contributed by atoms with Crippen LogP contribution in [0, 0.1) is 0 Å². The molecule has 0 aromatic rings. The second kappa shape index (κ2) is 6.02. The minimum atomic E-state index is -4.01. The molecule has 0 aliphatic carbocycles. The van der Waals surface area contributed by atoms with E-state index in [0.29, 0.717) is 6.42 Å². The van der Waals surface area contributed by atoms with E-state index in [9.17, 15) is 13.2 Å². The molecule has 0 saturated heterocycles. The van der Waals surface area contributed by atoms with E-state index in [1.165, 1.54) is 21.6 Å². The van der Waals surface area contributed by atoms with Gasteiger partial charge < -0.3 is 0 Å². The fraction of sp³-hybridized carbons (Fsp3) is 1.00. The Bertz CT molecular complexity index is 114. The van der Waals surface area contributed by atoms with Crippen molar-refractivity contribution in [2.75, 3.05) is 5.75 Å². The lowest BCUT2D eigenvalue weighted by atomic mass is 10.2. The Labute approximate surface area is 79.1 Å². The van der Waals surface area contributed by atoms with Gasteiger partial charge in [-0.25, -0.2) is 0 Å². The fourth-order valence-electron chi connectivity index (χ4n) is 0.669. The third-order valence-electron chi connectivity index (χ3n) is 1.24. The van der Waals surface area contributed by atoms with Crippen molar-refractivity contribution in [3.63, 3.8) is 0 Å². The van der Waals surface area contributed by atoms with Crippen LogP contribution in [0.3, 0.4) is 0 Å². The van der Waals surface area contributed by atoms with Crippen LogP contribution in [0.2, 0.25) is 0 Å². The maximum Gasteiger partial charge on any atom is 0.390 e. The van der Waals surface area contributed by atoms with Gasteiger partial charge in [-0.1, -0.05) is 35.4 Å². The Kier molecular flexibility index (Phi) is 6.27. The van der Waals surface area contributed by atoms with E-state index in [2.05, 4.69) is 0 Å². The Hall–Kier alpha value is 0.490. The van der Waals surface area contributed by atoms with Gasteiger partial charge in [0.05, 0.1) is 6.42 Å². The Morgan fingerprint density at radius 2 is 1.83 bits per heavy atom. The topological polar surface area (TPSA) is 0 Å². The molecule has 74 valence electrons. The van der Waals surface area contributed by atoms with Crippen LogP contribution in [-0.2, 0) is 0 Å². The van der Waals surface area contributed by atoms with Gasteiger partial charge >= 0.3 is 6.18 Å². The quantitative estimate of drug-likeness (QED) is 0.637. The van der Waals surface area contributed by atoms with Gasteiger partial charge in [-0.2, -0.15) is 13.2 Å². The van der Waals surface area contributed by atoms with E-state index in [1.807, 2.05) is 6.92 Å². The maximum absolute atomic E-state index is 11.9. The zero-order chi connectivity index (χ0) is 9.61. The predicted molar refractivity (Wildman–Crippen MR) is 50.5 cm³/mol. The van der Waals surface area contributed by atoms with E-state index < -0.39 is 12.6 Å². The van der Waals surface area contributed by atoms with E-state index in [-0.39, 0.29) is 5.25 Å². The summed E-state index contributed by atoms with van der Waals surface area (Å²) < 4.78 is 35.7. The minimum Gasteiger partial charge on any atom is -0.171 e. The van der Waals surface area contributed by atoms with E-state index in [0.717, 1.165) is 5.75 Å². The molecule has 0 aromatic heterocycles. The first-order chi connectivity index (χ1) is 5.49. The van der Waals surface area contributed by atoms with Crippen LogP contribution >= 0.6 is 21.6 Å². The van der Waals surface area contributed by atoms with Crippen molar-refractivity contribution in [1.29, 1.82) is 0 Å². The lowest BCUT2D eigenvalue weighted by Crippen LogP contribution is -2.15. The van der Waals surface area contributed by atoms with Crippen LogP contribution < -0.4 is 0 Å². The van der Waals surface area contributed by atoms with Crippen LogP contribution in [0.15, 0.2) is 0 Å². The molecule has 0 bridgehead atoms. The van der Waals surface area contributed by atoms with Crippen LogP contribution in [0.4, 0.5) is 13.2 Å². The number of halogens is 3. The molecule has 0 heterocycles. The largest absolute Gasteiger partial charge is 0.390 e. The molecule has 1 unspecified atom stereocenters. The molecule has 0 spiro atoms. The zero-order valence-corrected chi connectivity index (χ0v) is 8.78. The Balaban J connectivity index is 3.67. The summed E-state index contributed by atoms with van der Waals surface area (Å²) in [6.45, 7) is 3.73. The molecule has 0 fully saturated rings. The highest BCUT2D eigenvalue weighted by Gasteiger charge is 2.31. The Morgan fingerprint density at radius 3 is 2.17 bits per heavy atom. The lowest BCUT2D eigenvalue weighted by molar-refractivity contribution is -0.134. The summed E-state index contributed by atoms with van der Waals surface area (Å²) >= 11 is 0. The lowest BCUT2D eigenvalue weighted by Gasteiger charge is -2.14. The van der Waals surface area contributed by atoms with Crippen LogP contribution in [0.5, 0.6) is 0 Å². The second-order valence-electron chi connectivity index (χ2n) is 2.35. The molecule has 5 heteroatoms. The number of hydrogen-bond acceptors (Lipinski definition) is 2. The van der Waals surface area contributed by atoms with Crippen LogP contribution in [0.25, 0.3) is 0 Å². The molecule has 0 N–H and O–H groups in total. The smallest absolute Gasteiger partial charge is 0.171 e. The van der Waals surface area contributed by atoms with Crippen molar-refractivity contribution in [1.82, 2.24) is 0 Å². The summed E-state index contributed by atoms with van der Waals surface area (Å²) in [5, 5.41) is -0.282. The van der Waals surface area contributed by atoms with Gasteiger partial charge in [0.25, 0.3) is 0 Å². The average Bonchev–Trinajstić information content (AvgIpc) is 1.95. The minimum absolute atomic E-state index is 0.282. The molecular formula is C7H13F3S2. The van der Waals surface area contributed by atoms with Gasteiger partial charge in [0.1, 0.15) is 0 Å². The standard InChI is InChI=1S/C7H13F3S2/c1-3-6(12-11-4-2)5-7(8,9)10/h6H,3-5H2,1-2H3. The number of hydrogen-bond donors (Lipinski definition) is 0. The van der Waals surface area contributed by atoms with Crippen molar-refractivity contribution >= 4 is 21.6 Å². The summed E-state index contributed by atoms with van der Waals surface area (Å²) in [4.78, 5) is 0. The molecule has 12 heavy (non-hydrogen) atoms. The number of alkyl halides is 3. The predicted octanol–water partition coefficient (Wildman–Crippen LogP) is 4.12. The molecule has 0 amide bonds. The van der Waals surface area contributed by atoms with Crippen molar-refractivity contribution in [3.05, 3.63) is 0 Å². The third kappa shape index (κ3) is 7.16. The molecule has 0 radical (unpaired) electrons. The summed E-state index contributed by atoms with van der Waals surface area (Å²) in [5.74, 6) is 0.860. The molecule has 0 saturated carbocycles. The van der Waals surface area contributed by atoms with Gasteiger partial charge in [0, 0.05) is 11.0 Å². The molecule has 0 aliphatic heterocycles. The highest BCUT2D eigenvalue weighted by atomic mass is 33.1. The van der Waals surface area contributed by atoms with Crippen LogP contribution in [-0.4, -0.2) is 17.2 Å². The summed E-state index contributed by atoms with van der Waals surface area (Å²) in [5.41, 5.74) is 0. The van der Waals surface area contributed by atoms with Crippen molar-refractivity contribution in [2.45, 2.75) is 38.1 Å². The summed E-state index contributed by atoms with van der Waals surface area (Å²) in [6.07, 6.45) is -4.10. The monoisotopic (exact) mass is 218 g/mol. The second-order valence-corrected chi connectivity index (χ2v) is 5.31. The van der Waals surface area contributed by atoms with Gasteiger partial charge in [0.15, 0.2) is 0 Å². The Morgan fingerprint density at radius 1 is 1.25 bits per heavy atom. The number of rotatable bonds is 5. The van der Waals surface area contributed by atoms with Gasteiger partial charge in [-0.3, -0.25) is 0 Å². The molecular weight excluding hydrogens is 205 g/mol. The van der Waals surface area contributed by atoms with Crippen molar-refractivity contribution in [3.8, 4) is 0 Å². The molecule has 0 nitrogen and oxygen atoms in total. The first-order valence-electron chi connectivity index (χ1n) is 3.84. The summed E-state index contributed by atoms with van der Waals surface area (Å²) in [7, 11) is 2.84. The highest BCUT2D eigenvalue weighted by molar-refractivity contribution is 8.76. The van der Waals surface area contributed by atoms with E-state index >= 15 is 0 Å². The first kappa shape index (κ1) is 12.5. The average molecular weight is 218 g/mol. The maximum atomic E-state index is 11.9. The van der Waals surface area contributed by atoms with E-state index in [4.69, 9.17) is 0 Å². The molecule has 1 atom stereocenters. The fourth-order valence-corrected chi connectivity index (χ4v) is 2.99. The first-order valence-corrected chi connectivity index (χ1v) is 6.22. The van der Waals surface area contributed by atoms with Crippen molar-refractivity contribution in [2.24, 2.45) is 0 Å². The van der Waals surface area contributed by atoms with Crippen LogP contribution in [0.1, 0.15) is 26.7 Å². The van der Waals surface area contributed by atoms with Gasteiger partial charge in [-0.05, 0) is 6.42 Å².